The molecule has 2 aromatic rings. The van der Waals surface area contributed by atoms with Gasteiger partial charge in [-0.15, -0.1) is 0 Å². The fraction of sp³-hybridized carbons (Fsp3) is 0.429. The van der Waals surface area contributed by atoms with Crippen LogP contribution in [0, 0.1) is 5.92 Å². The normalized spacial score (nSPS) is 17.3. The Morgan fingerprint density at radius 3 is 2.67 bits per heavy atom. The van der Waals surface area contributed by atoms with Crippen LogP contribution in [0.5, 0.6) is 11.5 Å². The van der Waals surface area contributed by atoms with Crippen molar-refractivity contribution in [3.05, 3.63) is 24.4 Å². The van der Waals surface area contributed by atoms with Crippen molar-refractivity contribution < 1.29 is 14.9 Å². The molecule has 2 heterocycles. The van der Waals surface area contributed by atoms with Crippen LogP contribution in [0.1, 0.15) is 12.8 Å². The molecule has 0 radical (unpaired) electrons. The minimum absolute atomic E-state index is 0.0607. The Hall–Kier alpha value is -1.68. The van der Waals surface area contributed by atoms with E-state index < -0.39 is 0 Å². The minimum atomic E-state index is -0.0636. The summed E-state index contributed by atoms with van der Waals surface area (Å²) in [4.78, 5) is 0. The van der Waals surface area contributed by atoms with E-state index in [2.05, 4.69) is 4.57 Å². The number of fused-ring (bicyclic) bond motifs is 1. The molecule has 96 valence electrons. The zero-order valence-electron chi connectivity index (χ0n) is 10.2. The third-order valence-corrected chi connectivity index (χ3v) is 3.66. The van der Waals surface area contributed by atoms with Crippen LogP contribution in [-0.4, -0.2) is 28.0 Å². The quantitative estimate of drug-likeness (QED) is 0.802. The summed E-state index contributed by atoms with van der Waals surface area (Å²) in [7, 11) is 0. The Balaban J connectivity index is 1.89. The zero-order valence-corrected chi connectivity index (χ0v) is 10.2. The molecule has 1 aromatic heterocycles. The van der Waals surface area contributed by atoms with Gasteiger partial charge in [0.1, 0.15) is 0 Å². The number of phenolic OH excluding ortho intramolecular Hbond substituents is 2. The number of hydrogen-bond acceptors (Lipinski definition) is 3. The highest BCUT2D eigenvalue weighted by Gasteiger charge is 2.15. The lowest BCUT2D eigenvalue weighted by atomic mass is 10.0. The van der Waals surface area contributed by atoms with Crippen molar-refractivity contribution in [1.29, 1.82) is 0 Å². The van der Waals surface area contributed by atoms with Gasteiger partial charge in [-0.1, -0.05) is 0 Å². The molecule has 0 aliphatic carbocycles. The second-order valence-electron chi connectivity index (χ2n) is 4.92. The van der Waals surface area contributed by atoms with Crippen LogP contribution in [0.3, 0.4) is 0 Å². The summed E-state index contributed by atoms with van der Waals surface area (Å²) < 4.78 is 7.50. The van der Waals surface area contributed by atoms with Crippen LogP contribution in [0.2, 0.25) is 0 Å². The van der Waals surface area contributed by atoms with Crippen molar-refractivity contribution >= 4 is 10.9 Å². The average Bonchev–Trinajstić information content (AvgIpc) is 2.74. The number of nitrogens with zero attached hydrogens (tertiary/aromatic N) is 1. The predicted molar refractivity (Wildman–Crippen MR) is 68.8 cm³/mol. The summed E-state index contributed by atoms with van der Waals surface area (Å²) in [5.41, 5.74) is 0.969. The number of rotatable bonds is 2. The topological polar surface area (TPSA) is 54.6 Å². The second kappa shape index (κ2) is 4.53. The second-order valence-corrected chi connectivity index (χ2v) is 4.92. The third kappa shape index (κ3) is 2.04. The highest BCUT2D eigenvalue weighted by Crippen LogP contribution is 2.31. The largest absolute Gasteiger partial charge is 0.504 e. The molecule has 1 aliphatic rings. The summed E-state index contributed by atoms with van der Waals surface area (Å²) in [5.74, 6) is 0.506. The molecule has 2 N–H and O–H groups in total. The van der Waals surface area contributed by atoms with Crippen molar-refractivity contribution in [2.45, 2.75) is 19.4 Å². The first-order valence-electron chi connectivity index (χ1n) is 6.32. The Kier molecular flexibility index (Phi) is 2.88. The van der Waals surface area contributed by atoms with Gasteiger partial charge in [0.2, 0.25) is 0 Å². The predicted octanol–water partition coefficient (Wildman–Crippen LogP) is 2.48. The molecule has 1 saturated heterocycles. The van der Waals surface area contributed by atoms with Gasteiger partial charge in [-0.2, -0.15) is 0 Å². The molecule has 4 nitrogen and oxygen atoms in total. The lowest BCUT2D eigenvalue weighted by molar-refractivity contribution is 0.0616. The molecule has 3 rings (SSSR count). The van der Waals surface area contributed by atoms with Crippen LogP contribution in [0.4, 0.5) is 0 Å². The van der Waals surface area contributed by atoms with Crippen LogP contribution >= 0.6 is 0 Å². The molecule has 0 atom stereocenters. The summed E-state index contributed by atoms with van der Waals surface area (Å²) in [5, 5.41) is 20.0. The highest BCUT2D eigenvalue weighted by atomic mass is 16.5. The number of ether oxygens (including phenoxy) is 1. The van der Waals surface area contributed by atoms with Crippen molar-refractivity contribution in [1.82, 2.24) is 4.57 Å². The fourth-order valence-electron chi connectivity index (χ4n) is 2.58. The van der Waals surface area contributed by atoms with Gasteiger partial charge in [-0.3, -0.25) is 0 Å². The maximum Gasteiger partial charge on any atom is 0.159 e. The Morgan fingerprint density at radius 2 is 1.89 bits per heavy atom. The van der Waals surface area contributed by atoms with Gasteiger partial charge < -0.3 is 19.5 Å². The number of hydrogen-bond donors (Lipinski definition) is 2. The highest BCUT2D eigenvalue weighted by molar-refractivity contribution is 5.83. The smallest absolute Gasteiger partial charge is 0.159 e. The number of aromatic hydroxyl groups is 2. The summed E-state index contributed by atoms with van der Waals surface area (Å²) >= 11 is 0. The van der Waals surface area contributed by atoms with Crippen LogP contribution in [-0.2, 0) is 11.3 Å². The zero-order chi connectivity index (χ0) is 12.5. The molecular weight excluding hydrogens is 230 g/mol. The van der Waals surface area contributed by atoms with Crippen molar-refractivity contribution in [2.24, 2.45) is 5.92 Å². The molecule has 0 spiro atoms. The maximum atomic E-state index is 9.58. The van der Waals surface area contributed by atoms with E-state index in [0.717, 1.165) is 43.5 Å². The van der Waals surface area contributed by atoms with Gasteiger partial charge >= 0.3 is 0 Å². The minimum Gasteiger partial charge on any atom is -0.504 e. The summed E-state index contributed by atoms with van der Waals surface area (Å²) in [6.45, 7) is 2.63. The lowest BCUT2D eigenvalue weighted by Gasteiger charge is -2.22. The lowest BCUT2D eigenvalue weighted by Crippen LogP contribution is -2.19. The molecule has 18 heavy (non-hydrogen) atoms. The van der Waals surface area contributed by atoms with E-state index in [1.807, 2.05) is 12.3 Å². The van der Waals surface area contributed by atoms with Gasteiger partial charge in [0.15, 0.2) is 11.5 Å². The van der Waals surface area contributed by atoms with Crippen molar-refractivity contribution in [2.75, 3.05) is 13.2 Å². The van der Waals surface area contributed by atoms with E-state index in [4.69, 9.17) is 4.74 Å². The first kappa shape index (κ1) is 11.4. The molecule has 1 fully saturated rings. The van der Waals surface area contributed by atoms with Crippen molar-refractivity contribution in [3.63, 3.8) is 0 Å². The monoisotopic (exact) mass is 247 g/mol. The van der Waals surface area contributed by atoms with Gasteiger partial charge in [0, 0.05) is 37.4 Å². The molecule has 1 aromatic carbocycles. The van der Waals surface area contributed by atoms with E-state index >= 15 is 0 Å². The van der Waals surface area contributed by atoms with Crippen LogP contribution in [0.25, 0.3) is 10.9 Å². The number of benzene rings is 1. The van der Waals surface area contributed by atoms with Crippen LogP contribution < -0.4 is 0 Å². The SMILES string of the molecule is Oc1cc2ccn(CC3CCOCC3)c2cc1O. The summed E-state index contributed by atoms with van der Waals surface area (Å²) in [6.07, 6.45) is 4.19. The molecule has 0 bridgehead atoms. The molecule has 0 saturated carbocycles. The fourth-order valence-corrected chi connectivity index (χ4v) is 2.58. The third-order valence-electron chi connectivity index (χ3n) is 3.66. The maximum absolute atomic E-state index is 9.58. The van der Waals surface area contributed by atoms with Crippen molar-refractivity contribution in [3.8, 4) is 11.5 Å². The number of aromatic nitrogens is 1. The Labute approximate surface area is 105 Å². The molecule has 4 heteroatoms. The Morgan fingerprint density at radius 1 is 1.17 bits per heavy atom. The van der Waals surface area contributed by atoms with Gasteiger partial charge in [0.05, 0.1) is 5.52 Å². The van der Waals surface area contributed by atoms with E-state index in [1.165, 1.54) is 0 Å². The van der Waals surface area contributed by atoms with Crippen LogP contribution in [0.15, 0.2) is 24.4 Å². The molecule has 0 amide bonds. The van der Waals surface area contributed by atoms with E-state index in [9.17, 15) is 10.2 Å². The average molecular weight is 247 g/mol. The van der Waals surface area contributed by atoms with E-state index in [1.54, 1.807) is 12.1 Å². The molecular formula is C14H17NO3. The van der Waals surface area contributed by atoms with Gasteiger partial charge in [-0.25, -0.2) is 0 Å². The van der Waals surface area contributed by atoms with Gasteiger partial charge in [-0.05, 0) is 30.9 Å². The van der Waals surface area contributed by atoms with E-state index in [0.29, 0.717) is 5.92 Å². The first-order valence-corrected chi connectivity index (χ1v) is 6.32. The number of phenols is 2. The molecule has 1 aliphatic heterocycles. The van der Waals surface area contributed by atoms with Gasteiger partial charge in [0.25, 0.3) is 0 Å². The standard InChI is InChI=1S/C14H17NO3/c16-13-7-11-1-4-15(12(11)8-14(13)17)9-10-2-5-18-6-3-10/h1,4,7-8,10,16-17H,2-3,5-6,9H2. The molecule has 0 unspecified atom stereocenters. The van der Waals surface area contributed by atoms with E-state index in [-0.39, 0.29) is 11.5 Å². The Bertz CT molecular complexity index is 555. The summed E-state index contributed by atoms with van der Waals surface area (Å²) in [6, 6.07) is 5.20. The first-order chi connectivity index (χ1) is 8.74.